The molecule has 0 unspecified atom stereocenters. The molecule has 0 fully saturated rings. The maximum absolute atomic E-state index is 10.9. The highest BCUT2D eigenvalue weighted by Crippen LogP contribution is 2.22. The van der Waals surface area contributed by atoms with Crippen LogP contribution >= 0.6 is 22.9 Å². The van der Waals surface area contributed by atoms with Gasteiger partial charge >= 0.3 is 5.97 Å². The van der Waals surface area contributed by atoms with E-state index in [9.17, 15) is 4.79 Å². The quantitative estimate of drug-likeness (QED) is 0.901. The summed E-state index contributed by atoms with van der Waals surface area (Å²) < 4.78 is 5.42. The van der Waals surface area contributed by atoms with Gasteiger partial charge in [0.15, 0.2) is 5.13 Å². The molecule has 18 heavy (non-hydrogen) atoms. The predicted octanol–water partition coefficient (Wildman–Crippen LogP) is 2.66. The molecule has 1 aromatic carbocycles. The average molecular weight is 285 g/mol. The number of hydrogen-bond donors (Lipinski definition) is 2. The summed E-state index contributed by atoms with van der Waals surface area (Å²) in [4.78, 5) is 15.0. The molecular weight excluding hydrogens is 276 g/mol. The van der Waals surface area contributed by atoms with Crippen molar-refractivity contribution >= 4 is 34.0 Å². The molecule has 0 aliphatic carbocycles. The first-order valence-electron chi connectivity index (χ1n) is 4.93. The van der Waals surface area contributed by atoms with E-state index in [1.807, 2.05) is 0 Å². The maximum Gasteiger partial charge on any atom is 0.348 e. The smallest absolute Gasteiger partial charge is 0.348 e. The zero-order valence-corrected chi connectivity index (χ0v) is 10.7. The number of anilines is 1. The number of halogens is 1. The van der Waals surface area contributed by atoms with Gasteiger partial charge in [-0.15, -0.1) is 0 Å². The summed E-state index contributed by atoms with van der Waals surface area (Å²) in [5.41, 5.74) is 5.80. The highest BCUT2D eigenvalue weighted by molar-refractivity contribution is 7.17. The number of nitrogens with zero attached hydrogens (tertiary/aromatic N) is 1. The second-order valence-corrected chi connectivity index (χ2v) is 4.84. The van der Waals surface area contributed by atoms with Crippen LogP contribution in [0.1, 0.15) is 15.4 Å². The Morgan fingerprint density at radius 2 is 2.11 bits per heavy atom. The van der Waals surface area contributed by atoms with Crippen molar-refractivity contribution in [2.75, 3.05) is 5.73 Å². The standard InChI is InChI=1S/C11H9ClN2O3S/c12-6-1-3-7(4-2-6)17-5-8-9(10(15)16)18-11(13)14-8/h1-4H,5H2,(H2,13,14)(H,15,16). The summed E-state index contributed by atoms with van der Waals surface area (Å²) in [5, 5.41) is 9.77. The first kappa shape index (κ1) is 12.7. The molecule has 2 rings (SSSR count). The van der Waals surface area contributed by atoms with Crippen LogP contribution < -0.4 is 10.5 Å². The van der Waals surface area contributed by atoms with E-state index in [2.05, 4.69) is 4.98 Å². The third kappa shape index (κ3) is 2.91. The lowest BCUT2D eigenvalue weighted by molar-refractivity contribution is 0.0699. The van der Waals surface area contributed by atoms with Crippen LogP contribution in [0.15, 0.2) is 24.3 Å². The summed E-state index contributed by atoms with van der Waals surface area (Å²) in [7, 11) is 0. The Balaban J connectivity index is 2.10. The van der Waals surface area contributed by atoms with Gasteiger partial charge in [-0.1, -0.05) is 22.9 Å². The van der Waals surface area contributed by atoms with Gasteiger partial charge in [-0.25, -0.2) is 9.78 Å². The Kier molecular flexibility index (Phi) is 3.69. The van der Waals surface area contributed by atoms with Crippen molar-refractivity contribution in [3.8, 4) is 5.75 Å². The fourth-order valence-corrected chi connectivity index (χ4v) is 2.12. The number of aromatic nitrogens is 1. The van der Waals surface area contributed by atoms with Crippen molar-refractivity contribution in [3.05, 3.63) is 39.9 Å². The number of rotatable bonds is 4. The van der Waals surface area contributed by atoms with Gasteiger partial charge in [-0.3, -0.25) is 0 Å². The third-order valence-corrected chi connectivity index (χ3v) is 3.26. The number of carbonyl (C=O) groups is 1. The second kappa shape index (κ2) is 5.24. The van der Waals surface area contributed by atoms with Crippen molar-refractivity contribution in [1.29, 1.82) is 0 Å². The fourth-order valence-electron chi connectivity index (χ4n) is 1.32. The van der Waals surface area contributed by atoms with E-state index in [1.54, 1.807) is 24.3 Å². The number of aromatic carboxylic acids is 1. The lowest BCUT2D eigenvalue weighted by Gasteiger charge is -2.04. The van der Waals surface area contributed by atoms with Crippen molar-refractivity contribution in [1.82, 2.24) is 4.98 Å². The summed E-state index contributed by atoms with van der Waals surface area (Å²) in [6.07, 6.45) is 0. The minimum Gasteiger partial charge on any atom is -0.487 e. The highest BCUT2D eigenvalue weighted by Gasteiger charge is 2.16. The lowest BCUT2D eigenvalue weighted by atomic mass is 10.3. The van der Waals surface area contributed by atoms with Gasteiger partial charge < -0.3 is 15.6 Å². The fraction of sp³-hybridized carbons (Fsp3) is 0.0909. The summed E-state index contributed by atoms with van der Waals surface area (Å²) in [6.45, 7) is 0.0525. The van der Waals surface area contributed by atoms with Gasteiger partial charge in [0, 0.05) is 5.02 Å². The molecule has 0 spiro atoms. The normalized spacial score (nSPS) is 10.3. The second-order valence-electron chi connectivity index (χ2n) is 3.38. The molecule has 0 aliphatic heterocycles. The molecule has 0 saturated heterocycles. The Morgan fingerprint density at radius 3 is 2.72 bits per heavy atom. The van der Waals surface area contributed by atoms with Gasteiger partial charge in [0.05, 0.1) is 0 Å². The van der Waals surface area contributed by atoms with E-state index in [-0.39, 0.29) is 16.6 Å². The first-order valence-corrected chi connectivity index (χ1v) is 6.12. The number of carboxylic acids is 1. The Labute approximate surface area is 112 Å². The number of carboxylic acid groups (broad SMARTS) is 1. The molecule has 1 heterocycles. The molecule has 0 radical (unpaired) electrons. The van der Waals surface area contributed by atoms with E-state index in [0.29, 0.717) is 16.5 Å². The van der Waals surface area contributed by atoms with Gasteiger partial charge in [-0.2, -0.15) is 0 Å². The molecule has 0 bridgehead atoms. The number of thiazole rings is 1. The Morgan fingerprint density at radius 1 is 1.44 bits per heavy atom. The molecule has 3 N–H and O–H groups in total. The lowest BCUT2D eigenvalue weighted by Crippen LogP contribution is -2.03. The highest BCUT2D eigenvalue weighted by atomic mass is 35.5. The molecular formula is C11H9ClN2O3S. The molecule has 94 valence electrons. The number of benzene rings is 1. The first-order chi connectivity index (χ1) is 8.56. The summed E-state index contributed by atoms with van der Waals surface area (Å²) in [6, 6.07) is 6.76. The molecule has 0 amide bonds. The van der Waals surface area contributed by atoms with Gasteiger partial charge in [0.1, 0.15) is 22.9 Å². The van der Waals surface area contributed by atoms with Crippen LogP contribution in [-0.4, -0.2) is 16.1 Å². The number of nitrogens with two attached hydrogens (primary N) is 1. The van der Waals surface area contributed by atoms with E-state index in [0.717, 1.165) is 11.3 Å². The maximum atomic E-state index is 10.9. The van der Waals surface area contributed by atoms with Gasteiger partial charge in [0.25, 0.3) is 0 Å². The van der Waals surface area contributed by atoms with Crippen LogP contribution in [0.3, 0.4) is 0 Å². The molecule has 1 aromatic heterocycles. The molecule has 7 heteroatoms. The van der Waals surface area contributed by atoms with Crippen molar-refractivity contribution in [3.63, 3.8) is 0 Å². The molecule has 0 atom stereocenters. The third-order valence-electron chi connectivity index (χ3n) is 2.10. The van der Waals surface area contributed by atoms with Crippen molar-refractivity contribution in [2.45, 2.75) is 6.61 Å². The zero-order valence-electron chi connectivity index (χ0n) is 9.09. The number of nitrogen functional groups attached to an aromatic ring is 1. The van der Waals surface area contributed by atoms with Crippen molar-refractivity contribution < 1.29 is 14.6 Å². The molecule has 5 nitrogen and oxygen atoms in total. The van der Waals surface area contributed by atoms with Gasteiger partial charge in [-0.05, 0) is 24.3 Å². The summed E-state index contributed by atoms with van der Waals surface area (Å²) >= 11 is 6.66. The van der Waals surface area contributed by atoms with Crippen molar-refractivity contribution in [2.24, 2.45) is 0 Å². The van der Waals surface area contributed by atoms with Crippen LogP contribution in [0.25, 0.3) is 0 Å². The topological polar surface area (TPSA) is 85.4 Å². The van der Waals surface area contributed by atoms with Crippen LogP contribution in [-0.2, 0) is 6.61 Å². The Hall–Kier alpha value is -1.79. The van der Waals surface area contributed by atoms with Crippen LogP contribution in [0.4, 0.5) is 5.13 Å². The average Bonchev–Trinajstić information content (AvgIpc) is 2.70. The van der Waals surface area contributed by atoms with Gasteiger partial charge in [0.2, 0.25) is 0 Å². The molecule has 0 aliphatic rings. The zero-order chi connectivity index (χ0) is 13.1. The number of ether oxygens (including phenoxy) is 1. The molecule has 2 aromatic rings. The minimum absolute atomic E-state index is 0.0525. The SMILES string of the molecule is Nc1nc(COc2ccc(Cl)cc2)c(C(=O)O)s1. The van der Waals surface area contributed by atoms with Crippen LogP contribution in [0.2, 0.25) is 5.02 Å². The predicted molar refractivity (Wildman–Crippen MR) is 69.3 cm³/mol. The number of hydrogen-bond acceptors (Lipinski definition) is 5. The summed E-state index contributed by atoms with van der Waals surface area (Å²) in [5.74, 6) is -0.471. The molecule has 0 saturated carbocycles. The largest absolute Gasteiger partial charge is 0.487 e. The monoisotopic (exact) mass is 284 g/mol. The van der Waals surface area contributed by atoms with E-state index in [4.69, 9.17) is 27.2 Å². The van der Waals surface area contributed by atoms with E-state index in [1.165, 1.54) is 0 Å². The minimum atomic E-state index is -1.06. The van der Waals surface area contributed by atoms with Crippen LogP contribution in [0, 0.1) is 0 Å². The Bertz CT molecular complexity index is 568. The van der Waals surface area contributed by atoms with E-state index >= 15 is 0 Å². The van der Waals surface area contributed by atoms with Crippen LogP contribution in [0.5, 0.6) is 5.75 Å². The van der Waals surface area contributed by atoms with E-state index < -0.39 is 5.97 Å².